The van der Waals surface area contributed by atoms with Gasteiger partial charge in [0, 0.05) is 45.0 Å². The van der Waals surface area contributed by atoms with Crippen molar-refractivity contribution in [2.75, 3.05) is 9.80 Å². The second-order valence-corrected chi connectivity index (χ2v) is 20.7. The van der Waals surface area contributed by atoms with Crippen molar-refractivity contribution in [3.8, 4) is 22.3 Å². The van der Waals surface area contributed by atoms with Crippen LogP contribution < -0.4 is 9.80 Å². The summed E-state index contributed by atoms with van der Waals surface area (Å²) in [6, 6.07) is 63.9. The van der Waals surface area contributed by atoms with Gasteiger partial charge < -0.3 is 9.80 Å². The van der Waals surface area contributed by atoms with Crippen LogP contribution in [0.4, 0.5) is 34.1 Å². The van der Waals surface area contributed by atoms with Gasteiger partial charge >= 0.3 is 0 Å². The topological polar surface area (TPSA) is 6.48 Å². The van der Waals surface area contributed by atoms with Crippen molar-refractivity contribution in [3.05, 3.63) is 203 Å². The first-order chi connectivity index (χ1) is 29.5. The molecule has 2 aliphatic carbocycles. The minimum absolute atomic E-state index is 0.0894. The van der Waals surface area contributed by atoms with Crippen LogP contribution in [0.1, 0.15) is 103 Å². The standard InChI is InChI=1S/C60H58N2/c1-57(2,3)39-21-25-43(26-22-39)61(41-17-13-11-14-18-41)45-29-31-49-53(37-45)59(7,8)51-35-33-48-47(55(49)51)34-36-52-56(48)50-32-30-46(38-54(50)60(52,9)10)62(42-19-15-12-16-20-42)44-27-23-40(24-28-44)58(4,5)6/h11-38H,1-10H3. The predicted molar refractivity (Wildman–Crippen MR) is 266 cm³/mol. The van der Waals surface area contributed by atoms with E-state index in [1.54, 1.807) is 0 Å². The Labute approximate surface area is 369 Å². The third kappa shape index (κ3) is 6.29. The molecule has 0 fully saturated rings. The van der Waals surface area contributed by atoms with Crippen LogP contribution in [0, 0.1) is 0 Å². The molecule has 2 aliphatic rings. The first-order valence-electron chi connectivity index (χ1n) is 22.4. The van der Waals surface area contributed by atoms with Crippen LogP contribution in [0.25, 0.3) is 33.0 Å². The van der Waals surface area contributed by atoms with Crippen LogP contribution in [0.3, 0.4) is 0 Å². The van der Waals surface area contributed by atoms with Crippen LogP contribution in [0.15, 0.2) is 170 Å². The minimum atomic E-state index is -0.176. The van der Waals surface area contributed by atoms with E-state index in [4.69, 9.17) is 0 Å². The van der Waals surface area contributed by atoms with Gasteiger partial charge in [0.05, 0.1) is 0 Å². The number of nitrogens with zero attached hydrogens (tertiary/aromatic N) is 2. The number of rotatable bonds is 6. The van der Waals surface area contributed by atoms with Gasteiger partial charge in [0.15, 0.2) is 0 Å². The van der Waals surface area contributed by atoms with Crippen molar-refractivity contribution in [2.24, 2.45) is 0 Å². The molecule has 0 saturated carbocycles. The molecule has 8 aromatic carbocycles. The molecule has 0 bridgehead atoms. The van der Waals surface area contributed by atoms with Crippen LogP contribution in [-0.2, 0) is 21.7 Å². The van der Waals surface area contributed by atoms with Gasteiger partial charge in [-0.3, -0.25) is 0 Å². The van der Waals surface area contributed by atoms with Gasteiger partial charge in [-0.05, 0) is 150 Å². The molecule has 0 spiro atoms. The molecule has 0 unspecified atom stereocenters. The summed E-state index contributed by atoms with van der Waals surface area (Å²) in [7, 11) is 0. The van der Waals surface area contributed by atoms with Gasteiger partial charge in [-0.15, -0.1) is 0 Å². The quantitative estimate of drug-likeness (QED) is 0.165. The van der Waals surface area contributed by atoms with Crippen LogP contribution in [0.2, 0.25) is 0 Å². The fourth-order valence-electron chi connectivity index (χ4n) is 10.4. The summed E-state index contributed by atoms with van der Waals surface area (Å²) in [5, 5.41) is 2.66. The average molecular weight is 807 g/mol. The first-order valence-corrected chi connectivity index (χ1v) is 22.4. The Morgan fingerprint density at radius 2 is 0.645 bits per heavy atom. The highest BCUT2D eigenvalue weighted by Gasteiger charge is 2.41. The molecule has 0 aromatic heterocycles. The Morgan fingerprint density at radius 3 is 0.984 bits per heavy atom. The van der Waals surface area contributed by atoms with E-state index in [1.165, 1.54) is 77.8 Å². The zero-order valence-electron chi connectivity index (χ0n) is 38.1. The van der Waals surface area contributed by atoms with Crippen LogP contribution in [-0.4, -0.2) is 0 Å². The minimum Gasteiger partial charge on any atom is -0.310 e. The van der Waals surface area contributed by atoms with Crippen molar-refractivity contribution in [2.45, 2.75) is 90.9 Å². The van der Waals surface area contributed by atoms with E-state index < -0.39 is 0 Å². The molecule has 8 aromatic rings. The number of hydrogen-bond acceptors (Lipinski definition) is 2. The fourth-order valence-corrected chi connectivity index (χ4v) is 10.4. The molecule has 0 amide bonds. The average Bonchev–Trinajstić information content (AvgIpc) is 3.63. The molecule has 0 aliphatic heterocycles. The smallest absolute Gasteiger partial charge is 0.0465 e. The van der Waals surface area contributed by atoms with Crippen molar-refractivity contribution in [1.82, 2.24) is 0 Å². The number of fused-ring (bicyclic) bond motifs is 9. The Morgan fingerprint density at radius 1 is 0.323 bits per heavy atom. The lowest BCUT2D eigenvalue weighted by atomic mass is 9.80. The van der Waals surface area contributed by atoms with E-state index in [0.29, 0.717) is 0 Å². The third-order valence-electron chi connectivity index (χ3n) is 14.0. The highest BCUT2D eigenvalue weighted by molar-refractivity contribution is 6.11. The second-order valence-electron chi connectivity index (χ2n) is 20.7. The van der Waals surface area contributed by atoms with Gasteiger partial charge in [0.2, 0.25) is 0 Å². The summed E-state index contributed by atoms with van der Waals surface area (Å²) in [5.41, 5.74) is 20.4. The lowest BCUT2D eigenvalue weighted by Crippen LogP contribution is -2.17. The van der Waals surface area contributed by atoms with E-state index in [2.05, 4.69) is 249 Å². The number of anilines is 6. The molecule has 2 heteroatoms. The van der Waals surface area contributed by atoms with Crippen LogP contribution >= 0.6 is 0 Å². The lowest BCUT2D eigenvalue weighted by Gasteiger charge is -2.29. The Bertz CT molecular complexity index is 2790. The Balaban J connectivity index is 1.09. The monoisotopic (exact) mass is 806 g/mol. The highest BCUT2D eigenvalue weighted by atomic mass is 15.1. The van der Waals surface area contributed by atoms with Gasteiger partial charge in [0.25, 0.3) is 0 Å². The zero-order valence-corrected chi connectivity index (χ0v) is 38.1. The van der Waals surface area contributed by atoms with Crippen molar-refractivity contribution < 1.29 is 0 Å². The summed E-state index contributed by atoms with van der Waals surface area (Å²) < 4.78 is 0. The fraction of sp³-hybridized carbons (Fsp3) is 0.233. The van der Waals surface area contributed by atoms with Gasteiger partial charge in [-0.1, -0.05) is 166 Å². The van der Waals surface area contributed by atoms with Crippen molar-refractivity contribution in [1.29, 1.82) is 0 Å². The SMILES string of the molecule is CC(C)(C)c1ccc(N(c2ccccc2)c2ccc3c(c2)C(C)(C)c2ccc4c5c(ccc4c2-3)C(C)(C)c2cc(N(c3ccccc3)c3ccc(C(C)(C)C)cc3)ccc2-5)cc1. The first kappa shape index (κ1) is 39.7. The van der Waals surface area contributed by atoms with Crippen LogP contribution in [0.5, 0.6) is 0 Å². The van der Waals surface area contributed by atoms with E-state index in [0.717, 1.165) is 22.7 Å². The van der Waals surface area contributed by atoms with Crippen molar-refractivity contribution >= 4 is 44.9 Å². The molecule has 0 radical (unpaired) electrons. The summed E-state index contributed by atoms with van der Waals surface area (Å²) in [6.07, 6.45) is 0. The van der Waals surface area contributed by atoms with Gasteiger partial charge in [-0.25, -0.2) is 0 Å². The largest absolute Gasteiger partial charge is 0.310 e. The van der Waals surface area contributed by atoms with Gasteiger partial charge in [-0.2, -0.15) is 0 Å². The van der Waals surface area contributed by atoms with E-state index >= 15 is 0 Å². The summed E-state index contributed by atoms with van der Waals surface area (Å²) in [4.78, 5) is 4.81. The number of hydrogen-bond donors (Lipinski definition) is 0. The molecule has 0 heterocycles. The third-order valence-corrected chi connectivity index (χ3v) is 14.0. The maximum Gasteiger partial charge on any atom is 0.0465 e. The second kappa shape index (κ2) is 14.1. The molecular weight excluding hydrogens is 749 g/mol. The van der Waals surface area contributed by atoms with E-state index in [-0.39, 0.29) is 21.7 Å². The number of para-hydroxylation sites is 2. The molecule has 62 heavy (non-hydrogen) atoms. The molecule has 0 N–H and O–H groups in total. The molecular formula is C60H58N2. The molecule has 2 nitrogen and oxygen atoms in total. The molecule has 308 valence electrons. The van der Waals surface area contributed by atoms with E-state index in [9.17, 15) is 0 Å². The molecule has 0 atom stereocenters. The van der Waals surface area contributed by atoms with E-state index in [1.807, 2.05) is 0 Å². The number of benzene rings is 8. The Kier molecular flexibility index (Phi) is 9.02. The predicted octanol–water partition coefficient (Wildman–Crippen LogP) is 17.0. The normalized spacial score (nSPS) is 14.5. The molecule has 10 rings (SSSR count). The maximum atomic E-state index is 2.45. The summed E-state index contributed by atoms with van der Waals surface area (Å²) in [6.45, 7) is 23.3. The Hall–Kier alpha value is -6.38. The highest BCUT2D eigenvalue weighted by Crippen LogP contribution is 2.57. The maximum absolute atomic E-state index is 2.45. The summed E-state index contributed by atoms with van der Waals surface area (Å²) >= 11 is 0. The molecule has 0 saturated heterocycles. The zero-order chi connectivity index (χ0) is 43.3. The van der Waals surface area contributed by atoms with Crippen molar-refractivity contribution in [3.63, 3.8) is 0 Å². The lowest BCUT2D eigenvalue weighted by molar-refractivity contribution is 0.590. The van der Waals surface area contributed by atoms with Gasteiger partial charge in [0.1, 0.15) is 0 Å². The summed E-state index contributed by atoms with van der Waals surface area (Å²) in [5.74, 6) is 0.